The highest BCUT2D eigenvalue weighted by Crippen LogP contribution is 2.16. The molecule has 6 nitrogen and oxygen atoms in total. The summed E-state index contributed by atoms with van der Waals surface area (Å²) in [6.07, 6.45) is 6.80. The summed E-state index contributed by atoms with van der Waals surface area (Å²) in [6.45, 7) is 3.25. The fourth-order valence-corrected chi connectivity index (χ4v) is 3.17. The number of likely N-dealkylation sites (tertiary alicyclic amines) is 1. The zero-order valence-corrected chi connectivity index (χ0v) is 15.1. The number of nitrogens with zero attached hydrogens (tertiary/aromatic N) is 2. The SMILES string of the molecule is O=C(C=Cc1cccc([N+](=O)[O-])c1)Nc1ccc(CN2CCCCC2)cc1. The van der Waals surface area contributed by atoms with E-state index >= 15 is 0 Å². The van der Waals surface area contributed by atoms with Gasteiger partial charge in [0.25, 0.3) is 5.69 Å². The second kappa shape index (κ2) is 9.09. The van der Waals surface area contributed by atoms with Gasteiger partial charge in [-0.05, 0) is 55.3 Å². The minimum atomic E-state index is -0.455. The minimum absolute atomic E-state index is 0.00172. The summed E-state index contributed by atoms with van der Waals surface area (Å²) in [5.41, 5.74) is 2.58. The lowest BCUT2D eigenvalue weighted by Crippen LogP contribution is -2.29. The molecule has 2 aromatic carbocycles. The van der Waals surface area contributed by atoms with E-state index in [-0.39, 0.29) is 11.6 Å². The molecule has 1 N–H and O–H groups in total. The summed E-state index contributed by atoms with van der Waals surface area (Å²) < 4.78 is 0. The Kier molecular flexibility index (Phi) is 6.33. The molecule has 0 spiro atoms. The summed E-state index contributed by atoms with van der Waals surface area (Å²) >= 11 is 0. The largest absolute Gasteiger partial charge is 0.323 e. The van der Waals surface area contributed by atoms with Gasteiger partial charge in [-0.1, -0.05) is 30.7 Å². The van der Waals surface area contributed by atoms with Gasteiger partial charge in [0.1, 0.15) is 0 Å². The maximum Gasteiger partial charge on any atom is 0.270 e. The molecule has 1 aliphatic heterocycles. The van der Waals surface area contributed by atoms with Gasteiger partial charge in [0.2, 0.25) is 5.91 Å². The molecule has 0 radical (unpaired) electrons. The van der Waals surface area contributed by atoms with Crippen molar-refractivity contribution in [1.29, 1.82) is 0 Å². The summed E-state index contributed by atoms with van der Waals surface area (Å²) in [5.74, 6) is -0.273. The van der Waals surface area contributed by atoms with E-state index < -0.39 is 4.92 Å². The van der Waals surface area contributed by atoms with Crippen molar-refractivity contribution in [2.24, 2.45) is 0 Å². The summed E-state index contributed by atoms with van der Waals surface area (Å²) in [5, 5.41) is 13.6. The van der Waals surface area contributed by atoms with Crippen molar-refractivity contribution < 1.29 is 9.72 Å². The molecule has 140 valence electrons. The van der Waals surface area contributed by atoms with E-state index in [9.17, 15) is 14.9 Å². The molecule has 1 amide bonds. The van der Waals surface area contributed by atoms with Crippen LogP contribution < -0.4 is 5.32 Å². The van der Waals surface area contributed by atoms with Crippen molar-refractivity contribution in [3.63, 3.8) is 0 Å². The number of piperidine rings is 1. The number of benzene rings is 2. The van der Waals surface area contributed by atoms with Crippen LogP contribution in [0.3, 0.4) is 0 Å². The average molecular weight is 365 g/mol. The highest BCUT2D eigenvalue weighted by atomic mass is 16.6. The first kappa shape index (κ1) is 18.8. The molecule has 0 unspecified atom stereocenters. The minimum Gasteiger partial charge on any atom is -0.323 e. The molecule has 0 aromatic heterocycles. The number of carbonyl (C=O) groups excluding carboxylic acids is 1. The Morgan fingerprint density at radius 2 is 1.85 bits per heavy atom. The van der Waals surface area contributed by atoms with Crippen LogP contribution in [0.15, 0.2) is 54.6 Å². The zero-order valence-electron chi connectivity index (χ0n) is 15.1. The molecule has 0 saturated carbocycles. The maximum atomic E-state index is 12.1. The fraction of sp³-hybridized carbons (Fsp3) is 0.286. The Bertz CT molecular complexity index is 825. The number of nitro groups is 1. The second-order valence-electron chi connectivity index (χ2n) is 6.71. The van der Waals surface area contributed by atoms with E-state index in [0.29, 0.717) is 5.56 Å². The molecule has 0 aliphatic carbocycles. The predicted molar refractivity (Wildman–Crippen MR) is 106 cm³/mol. The molecule has 1 fully saturated rings. The highest BCUT2D eigenvalue weighted by molar-refractivity contribution is 6.01. The third-order valence-electron chi connectivity index (χ3n) is 4.58. The highest BCUT2D eigenvalue weighted by Gasteiger charge is 2.10. The van der Waals surface area contributed by atoms with Crippen molar-refractivity contribution in [3.8, 4) is 0 Å². The first-order chi connectivity index (χ1) is 13.1. The topological polar surface area (TPSA) is 75.5 Å². The van der Waals surface area contributed by atoms with Gasteiger partial charge >= 0.3 is 0 Å². The Balaban J connectivity index is 1.54. The molecule has 1 heterocycles. The van der Waals surface area contributed by atoms with Crippen molar-refractivity contribution >= 4 is 23.4 Å². The number of hydrogen-bond donors (Lipinski definition) is 1. The predicted octanol–water partition coefficient (Wildman–Crippen LogP) is 4.23. The molecule has 27 heavy (non-hydrogen) atoms. The maximum absolute atomic E-state index is 12.1. The monoisotopic (exact) mass is 365 g/mol. The Morgan fingerprint density at radius 3 is 2.56 bits per heavy atom. The molecular formula is C21H23N3O3. The average Bonchev–Trinajstić information content (AvgIpc) is 2.69. The number of rotatable bonds is 6. The molecule has 1 saturated heterocycles. The van der Waals surface area contributed by atoms with Crippen LogP contribution in [0, 0.1) is 10.1 Å². The Labute approximate surface area is 158 Å². The summed E-state index contributed by atoms with van der Waals surface area (Å²) in [7, 11) is 0. The first-order valence-electron chi connectivity index (χ1n) is 9.15. The smallest absolute Gasteiger partial charge is 0.270 e. The number of amides is 1. The lowest BCUT2D eigenvalue weighted by Gasteiger charge is -2.26. The summed E-state index contributed by atoms with van der Waals surface area (Å²) in [4.78, 5) is 24.9. The molecular weight excluding hydrogens is 342 g/mol. The molecule has 6 heteroatoms. The van der Waals surface area contributed by atoms with Crippen molar-refractivity contribution in [1.82, 2.24) is 4.90 Å². The quantitative estimate of drug-likeness (QED) is 0.472. The van der Waals surface area contributed by atoms with Gasteiger partial charge in [-0.25, -0.2) is 0 Å². The standard InChI is InChI=1S/C21H23N3O3/c25-21(12-9-17-5-4-6-20(15-17)24(26)27)22-19-10-7-18(8-11-19)16-23-13-2-1-3-14-23/h4-12,15H,1-3,13-14,16H2,(H,22,25). The van der Waals surface area contributed by atoms with Crippen LogP contribution in [0.5, 0.6) is 0 Å². The van der Waals surface area contributed by atoms with Crippen molar-refractivity contribution in [3.05, 3.63) is 75.8 Å². The lowest BCUT2D eigenvalue weighted by molar-refractivity contribution is -0.384. The number of hydrogen-bond acceptors (Lipinski definition) is 4. The number of anilines is 1. The van der Waals surface area contributed by atoms with E-state index in [4.69, 9.17) is 0 Å². The van der Waals surface area contributed by atoms with Crippen LogP contribution >= 0.6 is 0 Å². The second-order valence-corrected chi connectivity index (χ2v) is 6.71. The van der Waals surface area contributed by atoms with E-state index in [1.807, 2.05) is 24.3 Å². The van der Waals surface area contributed by atoms with Gasteiger partial charge < -0.3 is 5.32 Å². The molecule has 2 aromatic rings. The zero-order chi connectivity index (χ0) is 19.1. The van der Waals surface area contributed by atoms with Gasteiger partial charge in [0.15, 0.2) is 0 Å². The molecule has 1 aliphatic rings. The van der Waals surface area contributed by atoms with Crippen LogP contribution in [0.25, 0.3) is 6.08 Å². The number of non-ortho nitro benzene ring substituents is 1. The normalized spacial score (nSPS) is 15.0. The first-order valence-corrected chi connectivity index (χ1v) is 9.15. The molecule has 0 atom stereocenters. The summed E-state index contributed by atoms with van der Waals surface area (Å²) in [6, 6.07) is 14.0. The van der Waals surface area contributed by atoms with Crippen LogP contribution in [0.2, 0.25) is 0 Å². The number of carbonyl (C=O) groups is 1. The van der Waals surface area contributed by atoms with Crippen LogP contribution in [0.1, 0.15) is 30.4 Å². The van der Waals surface area contributed by atoms with E-state index in [1.165, 1.54) is 43.0 Å². The third kappa shape index (κ3) is 5.76. The van der Waals surface area contributed by atoms with Crippen LogP contribution in [-0.2, 0) is 11.3 Å². The van der Waals surface area contributed by atoms with Gasteiger partial charge in [0, 0.05) is 30.4 Å². The van der Waals surface area contributed by atoms with Crippen molar-refractivity contribution in [2.45, 2.75) is 25.8 Å². The van der Waals surface area contributed by atoms with Crippen LogP contribution in [0.4, 0.5) is 11.4 Å². The van der Waals surface area contributed by atoms with Gasteiger partial charge in [-0.3, -0.25) is 19.8 Å². The fourth-order valence-electron chi connectivity index (χ4n) is 3.17. The van der Waals surface area contributed by atoms with Gasteiger partial charge in [-0.15, -0.1) is 0 Å². The van der Waals surface area contributed by atoms with Crippen molar-refractivity contribution in [2.75, 3.05) is 18.4 Å². The van der Waals surface area contributed by atoms with E-state index in [0.717, 1.165) is 25.3 Å². The number of nitrogens with one attached hydrogen (secondary N) is 1. The van der Waals surface area contributed by atoms with Crippen LogP contribution in [-0.4, -0.2) is 28.8 Å². The van der Waals surface area contributed by atoms with E-state index in [2.05, 4.69) is 10.2 Å². The third-order valence-corrected chi connectivity index (χ3v) is 4.58. The molecule has 3 rings (SSSR count). The lowest BCUT2D eigenvalue weighted by atomic mass is 10.1. The number of nitro benzene ring substituents is 1. The Hall–Kier alpha value is -2.99. The van der Waals surface area contributed by atoms with E-state index in [1.54, 1.807) is 18.2 Å². The van der Waals surface area contributed by atoms with Gasteiger partial charge in [-0.2, -0.15) is 0 Å². The van der Waals surface area contributed by atoms with Gasteiger partial charge in [0.05, 0.1) is 4.92 Å². The molecule has 0 bridgehead atoms. The Morgan fingerprint density at radius 1 is 1.11 bits per heavy atom.